The lowest BCUT2D eigenvalue weighted by molar-refractivity contribution is 0.317. The van der Waals surface area contributed by atoms with Crippen LogP contribution in [0.5, 0.6) is 17.2 Å². The number of ether oxygens (including phenoxy) is 2. The molecule has 0 atom stereocenters. The second-order valence-corrected chi connectivity index (χ2v) is 5.29. The van der Waals surface area contributed by atoms with Gasteiger partial charge in [-0.1, -0.05) is 40.5 Å². The third-order valence-corrected chi connectivity index (χ3v) is 3.62. The first-order valence-corrected chi connectivity index (χ1v) is 7.98. The third-order valence-electron chi connectivity index (χ3n) is 2.67. The van der Waals surface area contributed by atoms with E-state index in [9.17, 15) is 0 Å². The van der Waals surface area contributed by atoms with E-state index >= 15 is 0 Å². The van der Waals surface area contributed by atoms with Crippen molar-refractivity contribution < 1.29 is 9.47 Å². The van der Waals surface area contributed by atoms with Crippen molar-refractivity contribution in [1.29, 1.82) is 0 Å². The Morgan fingerprint density at radius 1 is 1.05 bits per heavy atom. The summed E-state index contributed by atoms with van der Waals surface area (Å²) < 4.78 is 11.3. The SMILES string of the molecule is CCCOc1ccc(Oc2ccc(CBr)cc2Cl)cc1. The Kier molecular flexibility index (Phi) is 5.74. The fourth-order valence-corrected chi connectivity index (χ4v) is 2.25. The largest absolute Gasteiger partial charge is 0.494 e. The maximum Gasteiger partial charge on any atom is 0.146 e. The van der Waals surface area contributed by atoms with Crippen LogP contribution in [0.2, 0.25) is 5.02 Å². The zero-order valence-electron chi connectivity index (χ0n) is 11.2. The summed E-state index contributed by atoms with van der Waals surface area (Å²) in [5.41, 5.74) is 1.12. The van der Waals surface area contributed by atoms with E-state index in [1.54, 1.807) is 0 Å². The molecule has 0 fully saturated rings. The van der Waals surface area contributed by atoms with Gasteiger partial charge < -0.3 is 9.47 Å². The van der Waals surface area contributed by atoms with Crippen LogP contribution in [0.1, 0.15) is 18.9 Å². The van der Waals surface area contributed by atoms with Gasteiger partial charge in [0.25, 0.3) is 0 Å². The zero-order chi connectivity index (χ0) is 14.4. The molecule has 0 spiro atoms. The molecule has 106 valence electrons. The van der Waals surface area contributed by atoms with Crippen molar-refractivity contribution in [2.45, 2.75) is 18.7 Å². The Morgan fingerprint density at radius 3 is 2.35 bits per heavy atom. The lowest BCUT2D eigenvalue weighted by Crippen LogP contribution is -1.94. The first-order chi connectivity index (χ1) is 9.72. The topological polar surface area (TPSA) is 18.5 Å². The molecule has 2 aromatic rings. The Bertz CT molecular complexity index is 555. The second kappa shape index (κ2) is 7.55. The molecule has 0 aromatic heterocycles. The van der Waals surface area contributed by atoms with Gasteiger partial charge in [0, 0.05) is 5.33 Å². The Labute approximate surface area is 132 Å². The summed E-state index contributed by atoms with van der Waals surface area (Å²) in [6, 6.07) is 13.3. The Hall–Kier alpha value is -1.19. The zero-order valence-corrected chi connectivity index (χ0v) is 13.6. The van der Waals surface area contributed by atoms with Gasteiger partial charge in [-0.2, -0.15) is 0 Å². The van der Waals surface area contributed by atoms with Gasteiger partial charge in [0.05, 0.1) is 11.6 Å². The van der Waals surface area contributed by atoms with Crippen LogP contribution < -0.4 is 9.47 Å². The minimum absolute atomic E-state index is 0.605. The summed E-state index contributed by atoms with van der Waals surface area (Å²) in [7, 11) is 0. The molecule has 0 saturated heterocycles. The van der Waals surface area contributed by atoms with Gasteiger partial charge in [-0.05, 0) is 48.4 Å². The van der Waals surface area contributed by atoms with Gasteiger partial charge in [0.15, 0.2) is 0 Å². The third kappa shape index (κ3) is 4.15. The number of halogens is 2. The first-order valence-electron chi connectivity index (χ1n) is 6.48. The fourth-order valence-electron chi connectivity index (χ4n) is 1.66. The number of hydrogen-bond donors (Lipinski definition) is 0. The molecule has 0 N–H and O–H groups in total. The van der Waals surface area contributed by atoms with Crippen LogP contribution in [-0.2, 0) is 5.33 Å². The maximum atomic E-state index is 6.19. The van der Waals surface area contributed by atoms with Crippen LogP contribution in [0.4, 0.5) is 0 Å². The van der Waals surface area contributed by atoms with Crippen LogP contribution in [0.25, 0.3) is 0 Å². The van der Waals surface area contributed by atoms with E-state index in [0.29, 0.717) is 10.8 Å². The summed E-state index contributed by atoms with van der Waals surface area (Å²) in [5, 5.41) is 1.38. The van der Waals surface area contributed by atoms with Crippen LogP contribution in [0, 0.1) is 0 Å². The van der Waals surface area contributed by atoms with E-state index in [0.717, 1.165) is 35.4 Å². The molecule has 2 rings (SSSR count). The normalized spacial score (nSPS) is 10.3. The molecule has 0 unspecified atom stereocenters. The average Bonchev–Trinajstić information content (AvgIpc) is 2.48. The van der Waals surface area contributed by atoms with Gasteiger partial charge in [0.1, 0.15) is 17.2 Å². The lowest BCUT2D eigenvalue weighted by atomic mass is 10.2. The van der Waals surface area contributed by atoms with E-state index in [2.05, 4.69) is 22.9 Å². The molecule has 0 saturated carbocycles. The fraction of sp³-hybridized carbons (Fsp3) is 0.250. The Balaban J connectivity index is 2.06. The minimum atomic E-state index is 0.605. The van der Waals surface area contributed by atoms with E-state index in [1.807, 2.05) is 42.5 Å². The van der Waals surface area contributed by atoms with Gasteiger partial charge in [-0.25, -0.2) is 0 Å². The molecule has 0 bridgehead atoms. The summed E-state index contributed by atoms with van der Waals surface area (Å²) in [5.74, 6) is 2.24. The predicted molar refractivity (Wildman–Crippen MR) is 86.4 cm³/mol. The first kappa shape index (κ1) is 15.2. The number of hydrogen-bond acceptors (Lipinski definition) is 2. The molecular formula is C16H16BrClO2. The van der Waals surface area contributed by atoms with E-state index in [1.165, 1.54) is 0 Å². The minimum Gasteiger partial charge on any atom is -0.494 e. The molecule has 0 aliphatic heterocycles. The Morgan fingerprint density at radius 2 is 1.75 bits per heavy atom. The quantitative estimate of drug-likeness (QED) is 0.608. The van der Waals surface area contributed by atoms with Crippen molar-refractivity contribution in [3.63, 3.8) is 0 Å². The molecule has 0 aliphatic carbocycles. The average molecular weight is 356 g/mol. The van der Waals surface area contributed by atoms with Crippen molar-refractivity contribution in [3.05, 3.63) is 53.1 Å². The van der Waals surface area contributed by atoms with Crippen LogP contribution in [0.15, 0.2) is 42.5 Å². The highest BCUT2D eigenvalue weighted by atomic mass is 79.9. The van der Waals surface area contributed by atoms with Crippen LogP contribution in [-0.4, -0.2) is 6.61 Å². The summed E-state index contributed by atoms with van der Waals surface area (Å²) in [6.07, 6.45) is 0.994. The highest BCUT2D eigenvalue weighted by Crippen LogP contribution is 2.31. The molecule has 4 heteroatoms. The number of benzene rings is 2. The van der Waals surface area contributed by atoms with Gasteiger partial charge in [0.2, 0.25) is 0 Å². The summed E-state index contributed by atoms with van der Waals surface area (Å²) in [6.45, 7) is 2.80. The highest BCUT2D eigenvalue weighted by Gasteiger charge is 2.04. The van der Waals surface area contributed by atoms with E-state index < -0.39 is 0 Å². The van der Waals surface area contributed by atoms with Crippen LogP contribution >= 0.6 is 27.5 Å². The van der Waals surface area contributed by atoms with Crippen LogP contribution in [0.3, 0.4) is 0 Å². The van der Waals surface area contributed by atoms with Crippen molar-refractivity contribution in [2.75, 3.05) is 6.61 Å². The number of rotatable bonds is 6. The molecule has 20 heavy (non-hydrogen) atoms. The highest BCUT2D eigenvalue weighted by molar-refractivity contribution is 9.08. The molecule has 2 aromatic carbocycles. The smallest absolute Gasteiger partial charge is 0.146 e. The van der Waals surface area contributed by atoms with Crippen molar-refractivity contribution in [1.82, 2.24) is 0 Å². The van der Waals surface area contributed by atoms with Crippen molar-refractivity contribution in [2.24, 2.45) is 0 Å². The number of alkyl halides is 1. The molecule has 0 amide bonds. The van der Waals surface area contributed by atoms with Crippen molar-refractivity contribution in [3.8, 4) is 17.2 Å². The monoisotopic (exact) mass is 354 g/mol. The molecule has 0 radical (unpaired) electrons. The molecule has 2 nitrogen and oxygen atoms in total. The summed E-state index contributed by atoms with van der Waals surface area (Å²) in [4.78, 5) is 0. The van der Waals surface area contributed by atoms with E-state index in [4.69, 9.17) is 21.1 Å². The standard InChI is InChI=1S/C16H16BrClO2/c1-2-9-19-13-4-6-14(7-5-13)20-16-8-3-12(11-17)10-15(16)18/h3-8,10H,2,9,11H2,1H3. The van der Waals surface area contributed by atoms with Gasteiger partial charge in [-0.3, -0.25) is 0 Å². The van der Waals surface area contributed by atoms with Crippen molar-refractivity contribution >= 4 is 27.5 Å². The molecular weight excluding hydrogens is 340 g/mol. The van der Waals surface area contributed by atoms with Gasteiger partial charge >= 0.3 is 0 Å². The van der Waals surface area contributed by atoms with Gasteiger partial charge in [-0.15, -0.1) is 0 Å². The second-order valence-electron chi connectivity index (χ2n) is 4.32. The lowest BCUT2D eigenvalue weighted by Gasteiger charge is -2.09. The molecule has 0 heterocycles. The van der Waals surface area contributed by atoms with E-state index in [-0.39, 0.29) is 0 Å². The molecule has 0 aliphatic rings. The maximum absolute atomic E-state index is 6.19. The predicted octanol–water partition coefficient (Wildman–Crippen LogP) is 5.82. The summed E-state index contributed by atoms with van der Waals surface area (Å²) >= 11 is 9.59.